The highest BCUT2D eigenvalue weighted by Gasteiger charge is 2.36. The standard InChI is InChI=1S/C24H34N6O5S/c1-4-7-18-20-21(29(3)28-18)24(32)27-23(26-20)17-8-6-9-19(22(17)35-14-5-2)36(33,34)30-12-11-25-15-16(30)10-13-31/h6,8-9,16,25,31H,4-5,7,10-15H2,1-3H3,(H,26,27,32). The third-order valence-corrected chi connectivity index (χ3v) is 8.25. The molecule has 1 aliphatic heterocycles. The predicted octanol–water partition coefficient (Wildman–Crippen LogP) is 1.41. The first-order chi connectivity index (χ1) is 17.3. The number of aliphatic hydroxyl groups excluding tert-OH is 1. The minimum Gasteiger partial charge on any atom is -0.491 e. The molecule has 1 atom stereocenters. The molecule has 1 aliphatic rings. The van der Waals surface area contributed by atoms with Gasteiger partial charge in [-0.1, -0.05) is 26.3 Å². The molecule has 4 rings (SSSR count). The van der Waals surface area contributed by atoms with Crippen LogP contribution >= 0.6 is 0 Å². The number of aromatic nitrogens is 4. The van der Waals surface area contributed by atoms with E-state index in [0.717, 1.165) is 12.1 Å². The topological polar surface area (TPSA) is 142 Å². The molecule has 1 aromatic carbocycles. The summed E-state index contributed by atoms with van der Waals surface area (Å²) in [5.41, 5.74) is 1.62. The molecule has 3 N–H and O–H groups in total. The van der Waals surface area contributed by atoms with Gasteiger partial charge in [0.05, 0.1) is 17.9 Å². The molecule has 2 aromatic heterocycles. The van der Waals surface area contributed by atoms with Crippen molar-refractivity contribution >= 4 is 21.1 Å². The molecular formula is C24H34N6O5S. The lowest BCUT2D eigenvalue weighted by molar-refractivity contribution is 0.201. The van der Waals surface area contributed by atoms with Crippen molar-refractivity contribution in [1.82, 2.24) is 29.4 Å². The van der Waals surface area contributed by atoms with E-state index in [1.54, 1.807) is 19.2 Å². The van der Waals surface area contributed by atoms with Crippen molar-refractivity contribution in [1.29, 1.82) is 0 Å². The molecule has 1 unspecified atom stereocenters. The zero-order valence-corrected chi connectivity index (χ0v) is 21.8. The summed E-state index contributed by atoms with van der Waals surface area (Å²) in [6.07, 6.45) is 2.49. The highest BCUT2D eigenvalue weighted by molar-refractivity contribution is 7.89. The quantitative estimate of drug-likeness (QED) is 0.366. The van der Waals surface area contributed by atoms with Crippen LogP contribution in [0, 0.1) is 0 Å². The molecule has 1 saturated heterocycles. The van der Waals surface area contributed by atoms with Gasteiger partial charge < -0.3 is 20.1 Å². The average Bonchev–Trinajstić information content (AvgIpc) is 3.18. The van der Waals surface area contributed by atoms with Gasteiger partial charge in [0.25, 0.3) is 5.56 Å². The number of hydrogen-bond acceptors (Lipinski definition) is 8. The van der Waals surface area contributed by atoms with Crippen LogP contribution < -0.4 is 15.6 Å². The first-order valence-corrected chi connectivity index (χ1v) is 13.8. The lowest BCUT2D eigenvalue weighted by Crippen LogP contribution is -2.53. The molecule has 3 heterocycles. The number of aryl methyl sites for hydroxylation is 2. The Hall–Kier alpha value is -2.80. The van der Waals surface area contributed by atoms with Crippen LogP contribution in [0.2, 0.25) is 0 Å². The summed E-state index contributed by atoms with van der Waals surface area (Å²) < 4.78 is 36.8. The summed E-state index contributed by atoms with van der Waals surface area (Å²) in [6, 6.07) is 4.47. The second kappa shape index (κ2) is 11.1. The third kappa shape index (κ3) is 4.90. The highest BCUT2D eigenvalue weighted by Crippen LogP contribution is 2.37. The van der Waals surface area contributed by atoms with Crippen LogP contribution in [0.25, 0.3) is 22.4 Å². The van der Waals surface area contributed by atoms with Gasteiger partial charge in [0, 0.05) is 39.3 Å². The Morgan fingerprint density at radius 3 is 2.78 bits per heavy atom. The molecule has 0 radical (unpaired) electrons. The molecule has 1 fully saturated rings. The van der Waals surface area contributed by atoms with Gasteiger partial charge >= 0.3 is 0 Å². The first-order valence-electron chi connectivity index (χ1n) is 12.4. The summed E-state index contributed by atoms with van der Waals surface area (Å²) >= 11 is 0. The van der Waals surface area contributed by atoms with Crippen molar-refractivity contribution < 1.29 is 18.3 Å². The van der Waals surface area contributed by atoms with E-state index in [9.17, 15) is 18.3 Å². The molecule has 3 aromatic rings. The summed E-state index contributed by atoms with van der Waals surface area (Å²) in [5, 5.41) is 17.1. The summed E-state index contributed by atoms with van der Waals surface area (Å²) in [5.74, 6) is 0.386. The van der Waals surface area contributed by atoms with Crippen LogP contribution in [0.1, 0.15) is 38.8 Å². The van der Waals surface area contributed by atoms with E-state index >= 15 is 0 Å². The Morgan fingerprint density at radius 2 is 2.06 bits per heavy atom. The van der Waals surface area contributed by atoms with E-state index < -0.39 is 10.0 Å². The Bertz CT molecular complexity index is 1380. The second-order valence-corrected chi connectivity index (χ2v) is 10.8. The van der Waals surface area contributed by atoms with E-state index in [-0.39, 0.29) is 41.2 Å². The van der Waals surface area contributed by atoms with Crippen LogP contribution in [0.3, 0.4) is 0 Å². The minimum atomic E-state index is -3.97. The molecule has 0 bridgehead atoms. The number of nitrogens with zero attached hydrogens (tertiary/aromatic N) is 4. The number of aromatic amines is 1. The molecule has 0 saturated carbocycles. The van der Waals surface area contributed by atoms with Gasteiger partial charge in [-0.05, 0) is 31.4 Å². The predicted molar refractivity (Wildman–Crippen MR) is 137 cm³/mol. The van der Waals surface area contributed by atoms with E-state index in [0.29, 0.717) is 55.6 Å². The Balaban J connectivity index is 1.89. The van der Waals surface area contributed by atoms with E-state index in [1.807, 2.05) is 13.8 Å². The Kier molecular flexibility index (Phi) is 8.08. The lowest BCUT2D eigenvalue weighted by atomic mass is 10.1. The smallest absolute Gasteiger partial charge is 0.277 e. The fourth-order valence-electron chi connectivity index (χ4n) is 4.62. The number of rotatable bonds is 10. The van der Waals surface area contributed by atoms with Gasteiger partial charge in [-0.2, -0.15) is 9.40 Å². The third-order valence-electron chi connectivity index (χ3n) is 6.28. The number of aliphatic hydroxyl groups is 1. The number of ether oxygens (including phenoxy) is 1. The molecule has 0 aliphatic carbocycles. The maximum absolute atomic E-state index is 13.9. The summed E-state index contributed by atoms with van der Waals surface area (Å²) in [6.45, 7) is 5.39. The molecule has 196 valence electrons. The molecule has 12 heteroatoms. The number of nitrogens with one attached hydrogen (secondary N) is 2. The number of benzene rings is 1. The van der Waals surface area contributed by atoms with Gasteiger partial charge in [0.15, 0.2) is 5.52 Å². The first kappa shape index (κ1) is 26.3. The zero-order chi connectivity index (χ0) is 25.9. The lowest BCUT2D eigenvalue weighted by Gasteiger charge is -2.35. The average molecular weight is 519 g/mol. The van der Waals surface area contributed by atoms with Gasteiger partial charge in [0.2, 0.25) is 10.0 Å². The number of sulfonamides is 1. The normalized spacial score (nSPS) is 17.1. The van der Waals surface area contributed by atoms with Gasteiger partial charge in [-0.15, -0.1) is 0 Å². The van der Waals surface area contributed by atoms with Crippen LogP contribution in [0.5, 0.6) is 5.75 Å². The van der Waals surface area contributed by atoms with Crippen molar-refractivity contribution in [3.05, 3.63) is 34.2 Å². The van der Waals surface area contributed by atoms with Crippen LogP contribution in [-0.4, -0.2) is 76.5 Å². The van der Waals surface area contributed by atoms with E-state index in [4.69, 9.17) is 9.72 Å². The monoisotopic (exact) mass is 518 g/mol. The summed E-state index contributed by atoms with van der Waals surface area (Å²) in [7, 11) is -2.26. The maximum atomic E-state index is 13.9. The molecule has 36 heavy (non-hydrogen) atoms. The van der Waals surface area contributed by atoms with Gasteiger partial charge in [0.1, 0.15) is 22.0 Å². The van der Waals surface area contributed by atoms with E-state index in [1.165, 1.54) is 15.1 Å². The fourth-order valence-corrected chi connectivity index (χ4v) is 6.43. The molecule has 11 nitrogen and oxygen atoms in total. The zero-order valence-electron chi connectivity index (χ0n) is 21.0. The molecule has 0 amide bonds. The highest BCUT2D eigenvalue weighted by atomic mass is 32.2. The summed E-state index contributed by atoms with van der Waals surface area (Å²) in [4.78, 5) is 20.6. The Morgan fingerprint density at radius 1 is 1.25 bits per heavy atom. The van der Waals surface area contributed by atoms with Gasteiger partial charge in [-0.25, -0.2) is 13.4 Å². The van der Waals surface area contributed by atoms with Crippen molar-refractivity contribution in [2.75, 3.05) is 32.8 Å². The van der Waals surface area contributed by atoms with Crippen LogP contribution in [-0.2, 0) is 23.5 Å². The van der Waals surface area contributed by atoms with Crippen molar-refractivity contribution in [2.45, 2.75) is 50.5 Å². The second-order valence-electron chi connectivity index (χ2n) is 8.90. The number of H-pyrrole nitrogens is 1. The maximum Gasteiger partial charge on any atom is 0.277 e. The number of para-hydroxylation sites is 1. The number of fused-ring (bicyclic) bond motifs is 1. The van der Waals surface area contributed by atoms with Crippen LogP contribution in [0.15, 0.2) is 27.9 Å². The van der Waals surface area contributed by atoms with Crippen molar-refractivity contribution in [2.24, 2.45) is 7.05 Å². The number of piperazine rings is 1. The van der Waals surface area contributed by atoms with Gasteiger partial charge in [-0.3, -0.25) is 9.48 Å². The van der Waals surface area contributed by atoms with Crippen LogP contribution in [0.4, 0.5) is 0 Å². The van der Waals surface area contributed by atoms with Crippen molar-refractivity contribution in [3.8, 4) is 17.1 Å². The minimum absolute atomic E-state index is 0.0148. The molecular weight excluding hydrogens is 484 g/mol. The fraction of sp³-hybridized carbons (Fsp3) is 0.542. The number of hydrogen-bond donors (Lipinski definition) is 3. The Labute approximate surface area is 210 Å². The SMILES string of the molecule is CCCOc1c(-c2nc3c(CCC)nn(C)c3c(=O)[nH]2)cccc1S(=O)(=O)N1CCNCC1CCO. The van der Waals surface area contributed by atoms with E-state index in [2.05, 4.69) is 15.4 Å². The largest absolute Gasteiger partial charge is 0.491 e. The molecule has 0 spiro atoms. The van der Waals surface area contributed by atoms with Crippen molar-refractivity contribution in [3.63, 3.8) is 0 Å².